The topological polar surface area (TPSA) is 202 Å². The summed E-state index contributed by atoms with van der Waals surface area (Å²) < 4.78 is 37.5. The van der Waals surface area contributed by atoms with Gasteiger partial charge in [0.15, 0.2) is 23.2 Å². The Labute approximate surface area is 230 Å². The van der Waals surface area contributed by atoms with Crippen LogP contribution in [-0.4, -0.2) is 81.2 Å². The van der Waals surface area contributed by atoms with Gasteiger partial charge in [0.2, 0.25) is 5.95 Å². The number of ether oxygens (including phenoxy) is 2. The van der Waals surface area contributed by atoms with Gasteiger partial charge in [-0.1, -0.05) is 18.2 Å². The number of fused-ring (bicyclic) bond motifs is 1. The van der Waals surface area contributed by atoms with Gasteiger partial charge in [0.05, 0.1) is 25.6 Å². The van der Waals surface area contributed by atoms with E-state index in [1.54, 1.807) is 41.8 Å². The Bertz CT molecular complexity index is 1420. The fourth-order valence-electron chi connectivity index (χ4n) is 4.62. The van der Waals surface area contributed by atoms with Crippen LogP contribution in [0.1, 0.15) is 26.5 Å². The second-order valence-electron chi connectivity index (χ2n) is 9.98. The molecule has 1 aromatic carbocycles. The molecule has 5 rings (SSSR count). The van der Waals surface area contributed by atoms with Crippen LogP contribution in [0.15, 0.2) is 36.7 Å². The van der Waals surface area contributed by atoms with E-state index >= 15 is 0 Å². The Morgan fingerprint density at radius 3 is 2.70 bits per heavy atom. The molecule has 2 aliphatic heterocycles. The van der Waals surface area contributed by atoms with Crippen molar-refractivity contribution >= 4 is 36.6 Å². The number of para-hydroxylation sites is 1. The second-order valence-corrected chi connectivity index (χ2v) is 11.7. The Hall–Kier alpha value is -3.33. The summed E-state index contributed by atoms with van der Waals surface area (Å²) in [5.74, 6) is 0.260. The molecule has 1 unspecified atom stereocenters. The van der Waals surface area contributed by atoms with Gasteiger partial charge in [0.1, 0.15) is 24.0 Å². The van der Waals surface area contributed by atoms with E-state index in [1.807, 2.05) is 4.90 Å². The Morgan fingerprint density at radius 2 is 2.05 bits per heavy atom. The van der Waals surface area contributed by atoms with Gasteiger partial charge in [0.25, 0.3) is 0 Å². The first-order valence-corrected chi connectivity index (χ1v) is 14.3. The highest BCUT2D eigenvalue weighted by atomic mass is 31.2. The molecule has 216 valence electrons. The van der Waals surface area contributed by atoms with Crippen LogP contribution in [-0.2, 0) is 23.4 Å². The predicted molar refractivity (Wildman–Crippen MR) is 144 cm³/mol. The van der Waals surface area contributed by atoms with Crippen molar-refractivity contribution in [1.29, 1.82) is 0 Å². The van der Waals surface area contributed by atoms with E-state index in [9.17, 15) is 14.5 Å². The zero-order chi connectivity index (χ0) is 28.7. The van der Waals surface area contributed by atoms with Crippen LogP contribution in [0.2, 0.25) is 0 Å². The number of nitrogens with two attached hydrogens (primary N) is 2. The zero-order valence-electron chi connectivity index (χ0n) is 22.3. The fourth-order valence-corrected chi connectivity index (χ4v) is 6.12. The minimum absolute atomic E-state index is 0.0677. The van der Waals surface area contributed by atoms with Crippen molar-refractivity contribution < 1.29 is 33.0 Å². The van der Waals surface area contributed by atoms with E-state index in [1.165, 1.54) is 20.4 Å². The van der Waals surface area contributed by atoms with E-state index in [0.717, 1.165) is 19.5 Å². The number of hydrogen-bond acceptors (Lipinski definition) is 13. The Morgan fingerprint density at radius 1 is 1.32 bits per heavy atom. The number of nitrogens with one attached hydrogen (secondary N) is 1. The third-order valence-corrected chi connectivity index (χ3v) is 8.58. The maximum Gasteiger partial charge on any atom is 0.459 e. The number of nitrogen functional groups attached to an aromatic ring is 1. The molecule has 40 heavy (non-hydrogen) atoms. The summed E-state index contributed by atoms with van der Waals surface area (Å²) >= 11 is 0. The standard InChI is InChI=1S/C24H33N8O7P/c1-14(21(34)36-3)30-40(35,39-15-8-5-4-6-9-15)37-12-16-18(33)24(2,26)22(38-16)32-13-27-17-19(31-10-7-11-31)28-23(25)29-20(17)32/h4-6,8-9,13-14,16,18,22,33H,7,10-12,26H2,1-3H3,(H,30,35)(H2,25,28,29)/t14-,16+,18+,22+,24+,40?/m0/s1. The van der Waals surface area contributed by atoms with Crippen molar-refractivity contribution in [1.82, 2.24) is 24.6 Å². The summed E-state index contributed by atoms with van der Waals surface area (Å²) in [7, 11) is -2.96. The third-order valence-electron chi connectivity index (χ3n) is 6.94. The van der Waals surface area contributed by atoms with Crippen molar-refractivity contribution in [2.24, 2.45) is 5.73 Å². The number of anilines is 2. The van der Waals surface area contributed by atoms with Crippen LogP contribution in [0.3, 0.4) is 0 Å². The molecule has 0 spiro atoms. The molecule has 15 nitrogen and oxygen atoms in total. The number of benzene rings is 1. The molecule has 0 radical (unpaired) electrons. The molecule has 16 heteroatoms. The van der Waals surface area contributed by atoms with E-state index in [0.29, 0.717) is 17.0 Å². The fraction of sp³-hybridized carbons (Fsp3) is 0.500. The van der Waals surface area contributed by atoms with Gasteiger partial charge in [-0.2, -0.15) is 15.1 Å². The maximum absolute atomic E-state index is 13.7. The SMILES string of the molecule is COC(=O)[C@H](C)NP(=O)(OC[C@H]1O[C@@H](n2cnc3c(N4CCC4)nc(N)nc32)[C@](C)(N)[C@@H]1O)Oc1ccccc1. The molecule has 2 saturated heterocycles. The first-order valence-electron chi connectivity index (χ1n) is 12.7. The lowest BCUT2D eigenvalue weighted by Crippen LogP contribution is -2.52. The van der Waals surface area contributed by atoms with Gasteiger partial charge in [-0.25, -0.2) is 9.55 Å². The van der Waals surface area contributed by atoms with Crippen molar-refractivity contribution in [3.63, 3.8) is 0 Å². The first kappa shape index (κ1) is 28.2. The third kappa shape index (κ3) is 5.36. The molecule has 0 aliphatic carbocycles. The second kappa shape index (κ2) is 10.9. The highest BCUT2D eigenvalue weighted by Crippen LogP contribution is 2.47. The molecule has 2 fully saturated rings. The lowest BCUT2D eigenvalue weighted by Gasteiger charge is -2.32. The molecule has 6 atom stereocenters. The van der Waals surface area contributed by atoms with Gasteiger partial charge in [-0.15, -0.1) is 0 Å². The molecule has 2 aromatic heterocycles. The van der Waals surface area contributed by atoms with Crippen molar-refractivity contribution in [3.8, 4) is 5.75 Å². The Balaban J connectivity index is 1.38. The highest BCUT2D eigenvalue weighted by Gasteiger charge is 2.53. The zero-order valence-corrected chi connectivity index (χ0v) is 23.2. The number of carbonyl (C=O) groups is 1. The van der Waals surface area contributed by atoms with Crippen molar-refractivity contribution in [2.45, 2.75) is 50.3 Å². The number of methoxy groups -OCH3 is 1. The quantitative estimate of drug-likeness (QED) is 0.196. The van der Waals surface area contributed by atoms with Crippen molar-refractivity contribution in [2.75, 3.05) is 37.4 Å². The normalized spacial score (nSPS) is 26.7. The molecule has 4 heterocycles. The summed E-state index contributed by atoms with van der Waals surface area (Å²) in [5.41, 5.74) is 12.2. The first-order chi connectivity index (χ1) is 19.0. The number of hydrogen-bond donors (Lipinski definition) is 4. The van der Waals surface area contributed by atoms with Gasteiger partial charge < -0.3 is 35.5 Å². The van der Waals surface area contributed by atoms with Crippen LogP contribution >= 0.6 is 7.75 Å². The maximum atomic E-state index is 13.7. The molecule has 0 saturated carbocycles. The van der Waals surface area contributed by atoms with Gasteiger partial charge >= 0.3 is 13.7 Å². The number of esters is 1. The minimum Gasteiger partial charge on any atom is -0.468 e. The van der Waals surface area contributed by atoms with Gasteiger partial charge in [-0.05, 0) is 32.4 Å². The van der Waals surface area contributed by atoms with Crippen LogP contribution < -0.4 is 26.0 Å². The molecule has 3 aromatic rings. The number of carbonyl (C=O) groups excluding carboxylic acids is 1. The summed E-state index contributed by atoms with van der Waals surface area (Å²) in [6, 6.07) is 7.29. The number of rotatable bonds is 10. The number of aromatic nitrogens is 4. The molecule has 2 aliphatic rings. The van der Waals surface area contributed by atoms with Gasteiger partial charge in [-0.3, -0.25) is 13.9 Å². The monoisotopic (exact) mass is 576 g/mol. The molecule has 6 N–H and O–H groups in total. The summed E-state index contributed by atoms with van der Waals surface area (Å²) in [4.78, 5) is 27.3. The number of aliphatic hydroxyl groups excluding tert-OH is 1. The smallest absolute Gasteiger partial charge is 0.459 e. The van der Waals surface area contributed by atoms with E-state index < -0.39 is 50.3 Å². The molecule has 0 amide bonds. The van der Waals surface area contributed by atoms with Crippen LogP contribution in [0.5, 0.6) is 5.75 Å². The lowest BCUT2D eigenvalue weighted by atomic mass is 9.93. The van der Waals surface area contributed by atoms with Gasteiger partial charge in [0, 0.05) is 13.1 Å². The average Bonchev–Trinajstić information content (AvgIpc) is 3.39. The molecule has 0 bridgehead atoms. The number of nitrogens with zero attached hydrogens (tertiary/aromatic N) is 5. The van der Waals surface area contributed by atoms with Crippen LogP contribution in [0.4, 0.5) is 11.8 Å². The van der Waals surface area contributed by atoms with Crippen molar-refractivity contribution in [3.05, 3.63) is 36.7 Å². The minimum atomic E-state index is -4.17. The number of aliphatic hydroxyl groups is 1. The van der Waals surface area contributed by atoms with Crippen LogP contribution in [0.25, 0.3) is 11.2 Å². The molecular formula is C24H33N8O7P. The summed E-state index contributed by atoms with van der Waals surface area (Å²) in [6.45, 7) is 4.35. The van der Waals surface area contributed by atoms with Crippen LogP contribution in [0, 0.1) is 0 Å². The van der Waals surface area contributed by atoms with E-state index in [-0.39, 0.29) is 11.7 Å². The number of imidazole rings is 1. The Kier molecular flexibility index (Phi) is 7.70. The summed E-state index contributed by atoms with van der Waals surface area (Å²) in [6.07, 6.45) is -0.674. The lowest BCUT2D eigenvalue weighted by molar-refractivity contribution is -0.142. The largest absolute Gasteiger partial charge is 0.468 e. The van der Waals surface area contributed by atoms with E-state index in [4.69, 9.17) is 30.0 Å². The highest BCUT2D eigenvalue weighted by molar-refractivity contribution is 7.52. The van der Waals surface area contributed by atoms with E-state index in [2.05, 4.69) is 20.0 Å². The molecular weight excluding hydrogens is 543 g/mol. The summed E-state index contributed by atoms with van der Waals surface area (Å²) in [5, 5.41) is 13.7. The average molecular weight is 577 g/mol. The predicted octanol–water partition coefficient (Wildman–Crippen LogP) is 0.949.